The van der Waals surface area contributed by atoms with Crippen LogP contribution >= 0.6 is 0 Å². The van der Waals surface area contributed by atoms with E-state index in [4.69, 9.17) is 0 Å². The fraction of sp³-hybridized carbons (Fsp3) is 0.743. The van der Waals surface area contributed by atoms with Gasteiger partial charge in [-0.2, -0.15) is 0 Å². The molecule has 0 aromatic heterocycles. The third kappa shape index (κ3) is 84.1. The van der Waals surface area contributed by atoms with E-state index in [0.717, 1.165) is 51.4 Å². The van der Waals surface area contributed by atoms with Crippen molar-refractivity contribution in [2.75, 3.05) is 0 Å². The molecule has 117 heavy (non-hydrogen) atoms. The highest BCUT2D eigenvalue weighted by Crippen LogP contribution is 2.44. The van der Waals surface area contributed by atoms with E-state index in [2.05, 4.69) is 319 Å². The summed E-state index contributed by atoms with van der Waals surface area (Å²) in [4.78, 5) is 0. The van der Waals surface area contributed by atoms with Crippen LogP contribution in [0.25, 0.3) is 0 Å². The minimum atomic E-state index is -0.994. The molecule has 1 aliphatic rings. The Morgan fingerprint density at radius 2 is 0.650 bits per heavy atom. The van der Waals surface area contributed by atoms with Gasteiger partial charge in [-0.25, -0.2) is 0 Å². The van der Waals surface area contributed by atoms with Crippen molar-refractivity contribution in [1.29, 1.82) is 0 Å². The second-order valence-corrected chi connectivity index (χ2v) is 43.3. The smallest absolute Gasteiger partial charge is 0.0849 e. The molecule has 0 bridgehead atoms. The van der Waals surface area contributed by atoms with Crippen molar-refractivity contribution < 1.29 is 40.9 Å². The fourth-order valence-electron chi connectivity index (χ4n) is 13.1. The van der Waals surface area contributed by atoms with Gasteiger partial charge in [0.15, 0.2) is 0 Å². The molecule has 0 heterocycles. The van der Waals surface area contributed by atoms with E-state index in [-0.39, 0.29) is 44.7 Å². The molecule has 0 radical (unpaired) electrons. The Morgan fingerprint density at radius 1 is 0.393 bits per heavy atom. The van der Waals surface area contributed by atoms with E-state index in [0.29, 0.717) is 46.8 Å². The molecule has 0 amide bonds. The molecular weight excluding hydrogens is 1440 g/mol. The van der Waals surface area contributed by atoms with Crippen LogP contribution in [0, 0.1) is 66.5 Å². The molecule has 8 heteroatoms. The maximum atomic E-state index is 10.1. The average Bonchev–Trinajstić information content (AvgIpc) is 0.802. The van der Waals surface area contributed by atoms with Gasteiger partial charge in [0.25, 0.3) is 0 Å². The van der Waals surface area contributed by atoms with Gasteiger partial charge in [-0.15, -0.1) is 0 Å². The molecule has 1 rings (SSSR count). The lowest BCUT2D eigenvalue weighted by Gasteiger charge is -2.44. The SMILES string of the molecule is C/C=C\C(C)(C)C/C=C/C(C)(C)O.C/C=C\C(C)(C)C/C=C\C(C)(C)O.C/C=C\C(C)(C)CCC(O)C(C)(C)O.C/C=C\C(C)(C)CCC(O)C(C)(C)O.C/C=C\C(C)(C)CCC=C(C)C.C/C=C\C(C)(C)CCC=C(C)C.C=C(C)C(C)CCC(C)(C)/C=C\C.C=C(C)C1CCC(C)(C)C(O)[C@H]1C.CC[C@@H](O)C(C)(C)CCC=C(C)C. The number of aliphatic hydroxyl groups excluding tert-OH is 4. The molecule has 690 valence electrons. The lowest BCUT2D eigenvalue weighted by molar-refractivity contribution is -0.0545. The van der Waals surface area contributed by atoms with Gasteiger partial charge in [-0.1, -0.05) is 314 Å². The molecule has 0 spiro atoms. The highest BCUT2D eigenvalue weighted by molar-refractivity contribution is 5.08. The molecule has 0 aliphatic heterocycles. The molecule has 0 aromatic carbocycles. The summed E-state index contributed by atoms with van der Waals surface area (Å²) in [6.07, 6.45) is 60.6. The van der Waals surface area contributed by atoms with Gasteiger partial charge in [0.1, 0.15) is 0 Å². The van der Waals surface area contributed by atoms with Crippen LogP contribution in [0.3, 0.4) is 0 Å². The summed E-state index contributed by atoms with van der Waals surface area (Å²) in [5.41, 5.74) is 5.16. The standard InChI is InChI=1S/C13H24.2C12H24O2.C12H22O.C12H24O.2C12H22O.2C12H22/c1-7-9-13(5,6)10-8-12(4)11(2)3;2*1-6-8-11(2,3)9-7-10(13)12(4,5)14;1-8(2)10-6-7-12(4,5)11(13)9(10)3;1-6-11(13)12(4,5)9-7-8-10(2)3;2*1-6-8-11(2,3)9-7-10-12(4,5)13;2*1-6-9-12(4,5)10-7-8-11(2)3/h7,9,12H,2,8,10H2,1,3-6H3;2*6,8,10,13-14H,7,9H2,1-5H3;9-11,13H,1,6-7H2,2-5H3;8,11,13H,6-7,9H2,1-5H3;2*6-8,10,13H,9H2,1-5H3;2*6,8-9H,7,10H2,1-5H3/b9-7-;2*8-6-;;;8-6-,10-7+;8-6-,10-7-;2*9-6-/t;;;9-,10?,11?;11-;;;;/m...01..../s1. The first kappa shape index (κ1) is 129. The predicted molar refractivity (Wildman–Crippen MR) is 529 cm³/mol. The Bertz CT molecular complexity index is 2770. The molecule has 1 fully saturated rings. The molecule has 1 saturated carbocycles. The Labute approximate surface area is 732 Å². The van der Waals surface area contributed by atoms with E-state index in [1.807, 2.05) is 71.1 Å². The second-order valence-electron chi connectivity index (χ2n) is 43.3. The van der Waals surface area contributed by atoms with E-state index in [9.17, 15) is 40.9 Å². The quantitative estimate of drug-likeness (QED) is 0.0285. The highest BCUT2D eigenvalue weighted by atomic mass is 16.3. The molecule has 7 atom stereocenters. The van der Waals surface area contributed by atoms with Crippen LogP contribution in [-0.4, -0.2) is 87.7 Å². The van der Waals surface area contributed by atoms with Crippen molar-refractivity contribution in [2.45, 2.75) is 461 Å². The van der Waals surface area contributed by atoms with Gasteiger partial charge in [0.05, 0.1) is 46.8 Å². The zero-order valence-corrected chi connectivity index (χ0v) is 86.2. The van der Waals surface area contributed by atoms with Crippen LogP contribution in [0.2, 0.25) is 0 Å². The van der Waals surface area contributed by atoms with Crippen molar-refractivity contribution >= 4 is 0 Å². The maximum absolute atomic E-state index is 10.1. The number of allylic oxidation sites excluding steroid dienone is 24. The summed E-state index contributed by atoms with van der Waals surface area (Å²) >= 11 is 0. The lowest BCUT2D eigenvalue weighted by atomic mass is 9.64. The van der Waals surface area contributed by atoms with E-state index < -0.39 is 34.6 Å². The summed E-state index contributed by atoms with van der Waals surface area (Å²) in [6, 6.07) is 0. The highest BCUT2D eigenvalue weighted by Gasteiger charge is 2.41. The zero-order valence-electron chi connectivity index (χ0n) is 86.2. The predicted octanol–water partition coefficient (Wildman–Crippen LogP) is 31.4. The lowest BCUT2D eigenvalue weighted by Crippen LogP contribution is -2.43. The molecule has 8 N–H and O–H groups in total. The van der Waals surface area contributed by atoms with Crippen LogP contribution in [0.1, 0.15) is 414 Å². The summed E-state index contributed by atoms with van der Waals surface area (Å²) < 4.78 is 0. The van der Waals surface area contributed by atoms with E-state index in [1.54, 1.807) is 55.4 Å². The van der Waals surface area contributed by atoms with Crippen molar-refractivity contribution in [1.82, 2.24) is 0 Å². The third-order valence-corrected chi connectivity index (χ3v) is 21.5. The first-order valence-corrected chi connectivity index (χ1v) is 45.2. The topological polar surface area (TPSA) is 162 Å². The van der Waals surface area contributed by atoms with Gasteiger partial charge in [-0.3, -0.25) is 0 Å². The first-order valence-electron chi connectivity index (χ1n) is 45.2. The molecule has 0 aromatic rings. The van der Waals surface area contributed by atoms with E-state index in [1.165, 1.54) is 72.8 Å². The van der Waals surface area contributed by atoms with Gasteiger partial charge < -0.3 is 40.9 Å². The molecule has 5 unspecified atom stereocenters. The number of aliphatic hydroxyl groups is 8. The largest absolute Gasteiger partial charge is 0.393 e. The van der Waals surface area contributed by atoms with Crippen LogP contribution < -0.4 is 0 Å². The molecule has 1 aliphatic carbocycles. The van der Waals surface area contributed by atoms with Crippen molar-refractivity contribution in [3.8, 4) is 0 Å². The Morgan fingerprint density at radius 3 is 0.880 bits per heavy atom. The summed E-state index contributed by atoms with van der Waals surface area (Å²) in [5, 5.41) is 77.1. The van der Waals surface area contributed by atoms with Crippen LogP contribution in [0.5, 0.6) is 0 Å². The third-order valence-electron chi connectivity index (χ3n) is 21.5. The molecule has 0 saturated heterocycles. The van der Waals surface area contributed by atoms with Crippen LogP contribution in [0.15, 0.2) is 169 Å². The Balaban J connectivity index is -0.000000190. The van der Waals surface area contributed by atoms with Gasteiger partial charge in [0.2, 0.25) is 0 Å². The molecular formula is C109H206O8. The molecule has 8 nitrogen and oxygen atoms in total. The number of hydrogen-bond acceptors (Lipinski definition) is 8. The zero-order chi connectivity index (χ0) is 94.3. The summed E-state index contributed by atoms with van der Waals surface area (Å²) in [5.74, 6) is 1.54. The minimum Gasteiger partial charge on any atom is -0.393 e. The van der Waals surface area contributed by atoms with Crippen LogP contribution in [0.4, 0.5) is 0 Å². The van der Waals surface area contributed by atoms with Gasteiger partial charge >= 0.3 is 0 Å². The van der Waals surface area contributed by atoms with Crippen LogP contribution in [-0.2, 0) is 0 Å². The average molecular weight is 1640 g/mol. The maximum Gasteiger partial charge on any atom is 0.0849 e. The Hall–Kier alpha value is -3.96. The second kappa shape index (κ2) is 63.0. The fourth-order valence-corrected chi connectivity index (χ4v) is 13.1. The monoisotopic (exact) mass is 1640 g/mol. The minimum absolute atomic E-state index is 0.0563. The van der Waals surface area contributed by atoms with Gasteiger partial charge in [-0.05, 0) is 335 Å². The van der Waals surface area contributed by atoms with E-state index >= 15 is 0 Å². The first-order chi connectivity index (χ1) is 52.5. The van der Waals surface area contributed by atoms with Gasteiger partial charge in [0, 0.05) is 0 Å². The number of hydrogen-bond donors (Lipinski definition) is 8. The summed E-state index contributed by atoms with van der Waals surface area (Å²) in [6.45, 7) is 99.0. The van der Waals surface area contributed by atoms with Crippen molar-refractivity contribution in [3.05, 3.63) is 169 Å². The Kier molecular flexibility index (Phi) is 69.3. The number of rotatable bonds is 37. The summed E-state index contributed by atoms with van der Waals surface area (Å²) in [7, 11) is 0. The van der Waals surface area contributed by atoms with Crippen molar-refractivity contribution in [2.24, 2.45) is 66.5 Å². The van der Waals surface area contributed by atoms with Crippen molar-refractivity contribution in [3.63, 3.8) is 0 Å². The normalized spacial score (nSPS) is 17.1.